The minimum absolute atomic E-state index is 0.0227. The summed E-state index contributed by atoms with van der Waals surface area (Å²) in [4.78, 5) is 0. The van der Waals surface area contributed by atoms with Crippen LogP contribution in [0.1, 0.15) is 20.3 Å². The van der Waals surface area contributed by atoms with Gasteiger partial charge in [-0.1, -0.05) is 6.92 Å². The second-order valence-corrected chi connectivity index (χ2v) is 4.87. The van der Waals surface area contributed by atoms with Crippen LogP contribution in [0, 0.1) is 5.92 Å². The minimum atomic E-state index is -1.42. The monoisotopic (exact) mass is 233 g/mol. The molecule has 0 heterocycles. The van der Waals surface area contributed by atoms with Crippen LogP contribution in [0.5, 0.6) is 0 Å². The summed E-state index contributed by atoms with van der Waals surface area (Å²) < 4.78 is 5.46. The molecule has 0 aromatic carbocycles. The molecule has 0 aliphatic heterocycles. The second kappa shape index (κ2) is 4.95. The van der Waals surface area contributed by atoms with Crippen molar-refractivity contribution in [3.05, 3.63) is 0 Å². The Balaban J connectivity index is 2.71. The molecule has 0 aromatic rings. The zero-order chi connectivity index (χ0) is 12.5. The summed E-state index contributed by atoms with van der Waals surface area (Å²) in [7, 11) is 0. The van der Waals surface area contributed by atoms with E-state index in [2.05, 4.69) is 0 Å². The number of rotatable bonds is 3. The van der Waals surface area contributed by atoms with Crippen LogP contribution in [-0.2, 0) is 4.74 Å². The van der Waals surface area contributed by atoms with E-state index in [1.165, 1.54) is 6.92 Å². The van der Waals surface area contributed by atoms with E-state index in [-0.39, 0.29) is 24.5 Å². The summed E-state index contributed by atoms with van der Waals surface area (Å²) in [5, 5.41) is 19.6. The summed E-state index contributed by atoms with van der Waals surface area (Å²) in [5.41, 5.74) is 17.0. The molecule has 1 aliphatic carbocycles. The molecule has 96 valence electrons. The molecule has 0 bridgehead atoms. The van der Waals surface area contributed by atoms with Crippen LogP contribution in [-0.4, -0.2) is 46.8 Å². The molecule has 1 fully saturated rings. The van der Waals surface area contributed by atoms with Crippen molar-refractivity contribution in [1.82, 2.24) is 0 Å². The molecule has 6 heteroatoms. The van der Waals surface area contributed by atoms with Gasteiger partial charge in [0.25, 0.3) is 0 Å². The quantitative estimate of drug-likeness (QED) is 0.362. The normalized spacial score (nSPS) is 44.1. The lowest BCUT2D eigenvalue weighted by atomic mass is 9.79. The first-order chi connectivity index (χ1) is 7.28. The minimum Gasteiger partial charge on any atom is -0.391 e. The fourth-order valence-corrected chi connectivity index (χ4v) is 2.10. The van der Waals surface area contributed by atoms with E-state index < -0.39 is 18.0 Å². The number of hydrogen-bond acceptors (Lipinski definition) is 6. The number of nitrogens with two attached hydrogens (primary N) is 3. The molecule has 0 saturated heterocycles. The lowest BCUT2D eigenvalue weighted by Gasteiger charge is -2.43. The van der Waals surface area contributed by atoms with Gasteiger partial charge in [0.05, 0.1) is 12.2 Å². The fraction of sp³-hybridized carbons (Fsp3) is 1.00. The number of ether oxygens (including phenoxy) is 1. The zero-order valence-corrected chi connectivity index (χ0v) is 9.84. The molecule has 4 unspecified atom stereocenters. The Bertz CT molecular complexity index is 237. The van der Waals surface area contributed by atoms with Crippen molar-refractivity contribution in [2.75, 3.05) is 6.54 Å². The Hall–Kier alpha value is -0.240. The van der Waals surface area contributed by atoms with Gasteiger partial charge >= 0.3 is 0 Å². The average molecular weight is 233 g/mol. The van der Waals surface area contributed by atoms with E-state index >= 15 is 0 Å². The molecule has 1 rings (SSSR count). The first kappa shape index (κ1) is 13.8. The van der Waals surface area contributed by atoms with Crippen molar-refractivity contribution in [3.8, 4) is 0 Å². The first-order valence-electron chi connectivity index (χ1n) is 5.58. The van der Waals surface area contributed by atoms with Crippen molar-refractivity contribution in [1.29, 1.82) is 0 Å². The van der Waals surface area contributed by atoms with Crippen LogP contribution in [0.4, 0.5) is 0 Å². The number of hydrogen-bond donors (Lipinski definition) is 5. The summed E-state index contributed by atoms with van der Waals surface area (Å²) >= 11 is 0. The highest BCUT2D eigenvalue weighted by Crippen LogP contribution is 2.28. The predicted octanol–water partition coefficient (Wildman–Crippen LogP) is -1.91. The molecule has 0 amide bonds. The largest absolute Gasteiger partial charge is 0.391 e. The van der Waals surface area contributed by atoms with Crippen LogP contribution in [0.25, 0.3) is 0 Å². The van der Waals surface area contributed by atoms with Crippen LogP contribution in [0.15, 0.2) is 0 Å². The van der Waals surface area contributed by atoms with Crippen LogP contribution in [0.3, 0.4) is 0 Å². The van der Waals surface area contributed by atoms with Crippen molar-refractivity contribution >= 4 is 0 Å². The van der Waals surface area contributed by atoms with Crippen molar-refractivity contribution in [3.63, 3.8) is 0 Å². The number of aliphatic hydroxyl groups excluding tert-OH is 1. The SMILES string of the molecule is CC1C(O)[C@H](N)CC(N)[C@H]1OC(C)(O)CN. The van der Waals surface area contributed by atoms with Gasteiger partial charge in [0.2, 0.25) is 0 Å². The molecule has 1 saturated carbocycles. The summed E-state index contributed by atoms with van der Waals surface area (Å²) in [6.45, 7) is 3.26. The Labute approximate surface area is 95.7 Å². The number of aliphatic hydroxyl groups is 2. The standard InChI is InChI=1S/C10H23N3O3/c1-5-8(14)6(12)3-7(13)9(5)16-10(2,15)4-11/h5-9,14-15H,3-4,11-13H2,1-2H3/t5?,6-,7?,8?,9+,10?/m1/s1. The molecular weight excluding hydrogens is 210 g/mol. The third kappa shape index (κ3) is 2.91. The van der Waals surface area contributed by atoms with Gasteiger partial charge in [-0.3, -0.25) is 0 Å². The molecule has 1 aliphatic rings. The van der Waals surface area contributed by atoms with Gasteiger partial charge in [-0.2, -0.15) is 0 Å². The van der Waals surface area contributed by atoms with Gasteiger partial charge in [-0.15, -0.1) is 0 Å². The molecular formula is C10H23N3O3. The molecule has 8 N–H and O–H groups in total. The molecule has 6 nitrogen and oxygen atoms in total. The van der Waals surface area contributed by atoms with Gasteiger partial charge < -0.3 is 32.2 Å². The van der Waals surface area contributed by atoms with Crippen molar-refractivity contribution in [2.24, 2.45) is 23.1 Å². The molecule has 0 radical (unpaired) electrons. The summed E-state index contributed by atoms with van der Waals surface area (Å²) in [6.07, 6.45) is -0.636. The van der Waals surface area contributed by atoms with E-state index in [4.69, 9.17) is 21.9 Å². The smallest absolute Gasteiger partial charge is 0.175 e. The van der Waals surface area contributed by atoms with Gasteiger partial charge in [0.1, 0.15) is 0 Å². The highest BCUT2D eigenvalue weighted by molar-refractivity contribution is 4.96. The van der Waals surface area contributed by atoms with Crippen LogP contribution >= 0.6 is 0 Å². The van der Waals surface area contributed by atoms with E-state index in [9.17, 15) is 10.2 Å². The Kier molecular flexibility index (Phi) is 4.28. The van der Waals surface area contributed by atoms with Gasteiger partial charge in [-0.05, 0) is 13.3 Å². The third-order valence-corrected chi connectivity index (χ3v) is 3.23. The molecule has 0 aromatic heterocycles. The average Bonchev–Trinajstić information content (AvgIpc) is 2.21. The van der Waals surface area contributed by atoms with Gasteiger partial charge in [-0.25, -0.2) is 0 Å². The molecule has 6 atom stereocenters. The van der Waals surface area contributed by atoms with E-state index in [0.29, 0.717) is 6.42 Å². The Morgan fingerprint density at radius 3 is 2.44 bits per heavy atom. The highest BCUT2D eigenvalue weighted by Gasteiger charge is 2.42. The van der Waals surface area contributed by atoms with Gasteiger partial charge in [0.15, 0.2) is 5.79 Å². The van der Waals surface area contributed by atoms with Crippen LogP contribution in [0.2, 0.25) is 0 Å². The third-order valence-electron chi connectivity index (χ3n) is 3.23. The van der Waals surface area contributed by atoms with E-state index in [0.717, 1.165) is 0 Å². The first-order valence-corrected chi connectivity index (χ1v) is 5.58. The second-order valence-electron chi connectivity index (χ2n) is 4.87. The maximum atomic E-state index is 9.83. The topological polar surface area (TPSA) is 128 Å². The molecule has 16 heavy (non-hydrogen) atoms. The van der Waals surface area contributed by atoms with E-state index in [1.807, 2.05) is 0 Å². The summed E-state index contributed by atoms with van der Waals surface area (Å²) in [6, 6.07) is -0.640. The Morgan fingerprint density at radius 2 is 1.94 bits per heavy atom. The zero-order valence-electron chi connectivity index (χ0n) is 9.84. The highest BCUT2D eigenvalue weighted by atomic mass is 16.6. The predicted molar refractivity (Wildman–Crippen MR) is 60.3 cm³/mol. The Morgan fingerprint density at radius 1 is 1.38 bits per heavy atom. The fourth-order valence-electron chi connectivity index (χ4n) is 2.10. The van der Waals surface area contributed by atoms with Crippen molar-refractivity contribution in [2.45, 2.75) is 50.3 Å². The lowest BCUT2D eigenvalue weighted by Crippen LogP contribution is -2.60. The lowest BCUT2D eigenvalue weighted by molar-refractivity contribution is -0.238. The summed E-state index contributed by atoms with van der Waals surface area (Å²) in [5.74, 6) is -1.64. The maximum absolute atomic E-state index is 9.83. The van der Waals surface area contributed by atoms with Crippen LogP contribution < -0.4 is 17.2 Å². The molecule has 0 spiro atoms. The van der Waals surface area contributed by atoms with E-state index in [1.54, 1.807) is 6.92 Å². The van der Waals surface area contributed by atoms with Gasteiger partial charge in [0, 0.05) is 24.5 Å². The maximum Gasteiger partial charge on any atom is 0.175 e. The van der Waals surface area contributed by atoms with Crippen molar-refractivity contribution < 1.29 is 14.9 Å².